The molecule has 1 aliphatic heterocycles. The summed E-state index contributed by atoms with van der Waals surface area (Å²) < 4.78 is 11.7. The molecule has 4 heteroatoms. The maximum Gasteiger partial charge on any atom is 0.341 e. The standard InChI is InChI=1S/C19H22O4/c1-4-10-18(11-5-2)17(21)22-19(23-18)12-13(3)14-8-6-7-9-15(14)16(19)20/h6-9,12H,4-5,10-11H2,1-3H3/t19-/m1/s1. The maximum atomic E-state index is 13.0. The lowest BCUT2D eigenvalue weighted by molar-refractivity contribution is -0.148. The molecule has 1 aromatic carbocycles. The van der Waals surface area contributed by atoms with E-state index in [9.17, 15) is 9.59 Å². The summed E-state index contributed by atoms with van der Waals surface area (Å²) in [6.07, 6.45) is 4.35. The average molecular weight is 314 g/mol. The highest BCUT2D eigenvalue weighted by Gasteiger charge is 2.61. The summed E-state index contributed by atoms with van der Waals surface area (Å²) in [4.78, 5) is 25.6. The van der Waals surface area contributed by atoms with E-state index in [1.165, 1.54) is 0 Å². The molecule has 3 rings (SSSR count). The van der Waals surface area contributed by atoms with Crippen LogP contribution in [0, 0.1) is 0 Å². The second kappa shape index (κ2) is 5.60. The van der Waals surface area contributed by atoms with Crippen molar-refractivity contribution in [2.24, 2.45) is 0 Å². The highest BCUT2D eigenvalue weighted by Crippen LogP contribution is 2.45. The van der Waals surface area contributed by atoms with E-state index >= 15 is 0 Å². The van der Waals surface area contributed by atoms with Gasteiger partial charge in [-0.15, -0.1) is 0 Å². The smallest absolute Gasteiger partial charge is 0.341 e. The molecule has 0 bridgehead atoms. The first-order valence-electron chi connectivity index (χ1n) is 8.25. The maximum absolute atomic E-state index is 13.0. The number of esters is 1. The number of ketones is 1. The zero-order valence-corrected chi connectivity index (χ0v) is 13.8. The van der Waals surface area contributed by atoms with Crippen molar-refractivity contribution in [3.05, 3.63) is 41.5 Å². The Kier molecular flexibility index (Phi) is 3.88. The van der Waals surface area contributed by atoms with Crippen LogP contribution in [0.25, 0.3) is 5.57 Å². The fourth-order valence-corrected chi connectivity index (χ4v) is 3.61. The van der Waals surface area contributed by atoms with E-state index in [-0.39, 0.29) is 5.78 Å². The first-order chi connectivity index (χ1) is 11.0. The number of carbonyl (C=O) groups excluding carboxylic acids is 2. The second-order valence-corrected chi connectivity index (χ2v) is 6.36. The van der Waals surface area contributed by atoms with Gasteiger partial charge >= 0.3 is 5.97 Å². The Morgan fingerprint density at radius 3 is 2.22 bits per heavy atom. The van der Waals surface area contributed by atoms with Crippen molar-refractivity contribution in [2.75, 3.05) is 0 Å². The fraction of sp³-hybridized carbons (Fsp3) is 0.474. The summed E-state index contributed by atoms with van der Waals surface area (Å²) in [6, 6.07) is 7.35. The van der Waals surface area contributed by atoms with Gasteiger partial charge in [0.05, 0.1) is 0 Å². The normalized spacial score (nSPS) is 25.3. The number of benzene rings is 1. The predicted molar refractivity (Wildman–Crippen MR) is 86.9 cm³/mol. The Hall–Kier alpha value is -1.94. The Bertz CT molecular complexity index is 682. The summed E-state index contributed by atoms with van der Waals surface area (Å²) in [6.45, 7) is 5.90. The number of fused-ring (bicyclic) bond motifs is 1. The molecule has 0 N–H and O–H groups in total. The first kappa shape index (κ1) is 15.9. The summed E-state index contributed by atoms with van der Waals surface area (Å²) in [5, 5.41) is 0. The van der Waals surface area contributed by atoms with Crippen molar-refractivity contribution in [1.82, 2.24) is 0 Å². The van der Waals surface area contributed by atoms with Gasteiger partial charge in [0.1, 0.15) is 0 Å². The molecular weight excluding hydrogens is 292 g/mol. The van der Waals surface area contributed by atoms with Gasteiger partial charge in [0, 0.05) is 5.56 Å². The number of carbonyl (C=O) groups is 2. The third kappa shape index (κ3) is 2.32. The lowest BCUT2D eigenvalue weighted by Crippen LogP contribution is -2.44. The fourth-order valence-electron chi connectivity index (χ4n) is 3.61. The highest BCUT2D eigenvalue weighted by molar-refractivity contribution is 6.11. The summed E-state index contributed by atoms with van der Waals surface area (Å²) in [5.74, 6) is -2.31. The zero-order chi connectivity index (χ0) is 16.7. The molecule has 2 aliphatic rings. The molecule has 0 aromatic heterocycles. The number of hydrogen-bond donors (Lipinski definition) is 0. The molecule has 1 saturated heterocycles. The van der Waals surface area contributed by atoms with E-state index in [2.05, 4.69) is 0 Å². The van der Waals surface area contributed by atoms with Crippen LogP contribution in [0.15, 0.2) is 30.3 Å². The van der Waals surface area contributed by atoms with Gasteiger partial charge in [-0.3, -0.25) is 4.79 Å². The van der Waals surface area contributed by atoms with Gasteiger partial charge in [-0.25, -0.2) is 4.79 Å². The molecule has 4 nitrogen and oxygen atoms in total. The third-order valence-corrected chi connectivity index (χ3v) is 4.59. The van der Waals surface area contributed by atoms with Crippen molar-refractivity contribution in [1.29, 1.82) is 0 Å². The molecule has 0 amide bonds. The molecule has 23 heavy (non-hydrogen) atoms. The van der Waals surface area contributed by atoms with E-state index < -0.39 is 17.4 Å². The zero-order valence-electron chi connectivity index (χ0n) is 13.8. The molecule has 1 aromatic rings. The highest BCUT2D eigenvalue weighted by atomic mass is 16.8. The van der Waals surface area contributed by atoms with E-state index in [1.807, 2.05) is 39.0 Å². The Balaban J connectivity index is 2.06. The molecule has 1 aliphatic carbocycles. The molecule has 0 radical (unpaired) electrons. The topological polar surface area (TPSA) is 52.6 Å². The largest absolute Gasteiger partial charge is 0.419 e. The molecule has 1 fully saturated rings. The quantitative estimate of drug-likeness (QED) is 0.791. The number of rotatable bonds is 4. The van der Waals surface area contributed by atoms with E-state index in [0.29, 0.717) is 18.4 Å². The van der Waals surface area contributed by atoms with Crippen LogP contribution < -0.4 is 0 Å². The molecule has 0 saturated carbocycles. The minimum Gasteiger partial charge on any atom is -0.419 e. The van der Waals surface area contributed by atoms with Gasteiger partial charge < -0.3 is 9.47 Å². The molecule has 122 valence electrons. The minimum atomic E-state index is -1.60. The number of Topliss-reactive ketones (excluding diaryl/α,β-unsaturated/α-hetero) is 1. The van der Waals surface area contributed by atoms with Crippen LogP contribution in [0.5, 0.6) is 0 Å². The molecule has 1 spiro atoms. The van der Waals surface area contributed by atoms with Crippen LogP contribution in [0.4, 0.5) is 0 Å². The van der Waals surface area contributed by atoms with Crippen LogP contribution in [0.3, 0.4) is 0 Å². The van der Waals surface area contributed by atoms with Gasteiger partial charge in [-0.2, -0.15) is 0 Å². The van der Waals surface area contributed by atoms with Crippen molar-refractivity contribution in [2.45, 2.75) is 57.8 Å². The first-order valence-corrected chi connectivity index (χ1v) is 8.25. The SMILES string of the molecule is CCCC1(CCC)O[C@@]2(C=C(C)c3ccccc3C2=O)OC1=O. The lowest BCUT2D eigenvalue weighted by atomic mass is 9.87. The number of allylic oxidation sites excluding steroid dienone is 1. The van der Waals surface area contributed by atoms with Gasteiger partial charge in [-0.1, -0.05) is 51.0 Å². The monoisotopic (exact) mass is 314 g/mol. The molecule has 1 atom stereocenters. The average Bonchev–Trinajstić information content (AvgIpc) is 2.79. The van der Waals surface area contributed by atoms with Crippen molar-refractivity contribution < 1.29 is 19.1 Å². The van der Waals surface area contributed by atoms with Crippen LogP contribution in [0.2, 0.25) is 0 Å². The van der Waals surface area contributed by atoms with Gasteiger partial charge in [0.15, 0.2) is 5.60 Å². The van der Waals surface area contributed by atoms with Crippen molar-refractivity contribution >= 4 is 17.3 Å². The number of ether oxygens (including phenoxy) is 2. The van der Waals surface area contributed by atoms with Gasteiger partial charge in [0.25, 0.3) is 5.79 Å². The van der Waals surface area contributed by atoms with Crippen molar-refractivity contribution in [3.8, 4) is 0 Å². The Morgan fingerprint density at radius 2 is 1.61 bits per heavy atom. The van der Waals surface area contributed by atoms with E-state index in [1.54, 1.807) is 12.1 Å². The van der Waals surface area contributed by atoms with Gasteiger partial charge in [0.2, 0.25) is 5.78 Å². The van der Waals surface area contributed by atoms with Crippen LogP contribution in [-0.4, -0.2) is 23.1 Å². The Labute approximate surface area is 136 Å². The lowest BCUT2D eigenvalue weighted by Gasteiger charge is -2.30. The third-order valence-electron chi connectivity index (χ3n) is 4.59. The van der Waals surface area contributed by atoms with Crippen molar-refractivity contribution in [3.63, 3.8) is 0 Å². The summed E-state index contributed by atoms with van der Waals surface area (Å²) in [5.41, 5.74) is 1.29. The van der Waals surface area contributed by atoms with Gasteiger partial charge in [-0.05, 0) is 37.0 Å². The molecular formula is C19H22O4. The van der Waals surface area contributed by atoms with Crippen LogP contribution in [0.1, 0.15) is 62.4 Å². The minimum absolute atomic E-state index is 0.291. The summed E-state index contributed by atoms with van der Waals surface area (Å²) >= 11 is 0. The van der Waals surface area contributed by atoms with E-state index in [4.69, 9.17) is 9.47 Å². The second-order valence-electron chi connectivity index (χ2n) is 6.36. The van der Waals surface area contributed by atoms with E-state index in [0.717, 1.165) is 24.0 Å². The predicted octanol–water partition coefficient (Wildman–Crippen LogP) is 3.89. The summed E-state index contributed by atoms with van der Waals surface area (Å²) in [7, 11) is 0. The Morgan fingerprint density at radius 1 is 1.00 bits per heavy atom. The molecule has 1 heterocycles. The van der Waals surface area contributed by atoms with Crippen LogP contribution >= 0.6 is 0 Å². The molecule has 0 unspecified atom stereocenters. The number of hydrogen-bond acceptors (Lipinski definition) is 4. The van der Waals surface area contributed by atoms with Crippen LogP contribution in [-0.2, 0) is 14.3 Å².